The number of phosphoric acid groups is 1. The van der Waals surface area contributed by atoms with E-state index in [1.54, 1.807) is 0 Å². The Morgan fingerprint density at radius 1 is 0.610 bits per heavy atom. The third-order valence-electron chi connectivity index (χ3n) is 9.25. The number of likely N-dealkylation sites (N-methyl/N-ethyl adjacent to an activating group) is 1. The fraction of sp³-hybridized carbons (Fsp3) is 0.708. The number of hydrogen-bond acceptors (Lipinski definition) is 9. The number of carbonyl (C=O) groups excluding carboxylic acids is 2. The van der Waals surface area contributed by atoms with E-state index in [9.17, 15) is 24.2 Å². The number of rotatable bonds is 40. The largest absolute Gasteiger partial charge is 0.756 e. The highest BCUT2D eigenvalue weighted by Gasteiger charge is 2.21. The van der Waals surface area contributed by atoms with Gasteiger partial charge in [0.05, 0.1) is 33.9 Å². The van der Waals surface area contributed by atoms with Crippen LogP contribution in [0.1, 0.15) is 162 Å². The summed E-state index contributed by atoms with van der Waals surface area (Å²) in [4.78, 5) is 37.6. The van der Waals surface area contributed by atoms with Gasteiger partial charge in [0.1, 0.15) is 19.8 Å². The molecule has 1 N–H and O–H groups in total. The van der Waals surface area contributed by atoms with E-state index in [1.165, 1.54) is 44.9 Å². The van der Waals surface area contributed by atoms with Gasteiger partial charge < -0.3 is 33.0 Å². The van der Waals surface area contributed by atoms with E-state index in [1.807, 2.05) is 33.3 Å². The average molecular weight is 850 g/mol. The molecule has 0 aliphatic rings. The van der Waals surface area contributed by atoms with Crippen LogP contribution in [0, 0.1) is 0 Å². The zero-order valence-electron chi connectivity index (χ0n) is 37.8. The monoisotopic (exact) mass is 850 g/mol. The highest BCUT2D eigenvalue weighted by atomic mass is 31.2. The third kappa shape index (κ3) is 43.3. The van der Waals surface area contributed by atoms with Crippen LogP contribution in [0.2, 0.25) is 0 Å². The summed E-state index contributed by atoms with van der Waals surface area (Å²) in [5.74, 6) is -0.935. The van der Waals surface area contributed by atoms with Crippen molar-refractivity contribution in [3.8, 4) is 0 Å². The molecule has 0 aromatic carbocycles. The van der Waals surface area contributed by atoms with Crippen molar-refractivity contribution in [1.29, 1.82) is 0 Å². The molecule has 0 aromatic heterocycles. The van der Waals surface area contributed by atoms with Gasteiger partial charge >= 0.3 is 11.9 Å². The molecule has 2 unspecified atom stereocenters. The second kappa shape index (κ2) is 39.5. The first-order chi connectivity index (χ1) is 28.4. The third-order valence-corrected chi connectivity index (χ3v) is 10.2. The molecule has 0 amide bonds. The van der Waals surface area contributed by atoms with Crippen molar-refractivity contribution >= 4 is 19.8 Å². The standard InChI is InChI=1S/C48H84NO9P/c1-6-8-9-10-11-12-13-14-15-16-17-20-24-27-30-33-36-40-48(52)58-46(44-57-59(53,54)56-42-41-49(3,4)5)43-55-47(51)39-35-32-29-26-23-21-18-19-22-25-28-31-34-38-45(50)37-7-2/h11-12,14-15,18,21-22,25-26,29,31,34,45-46,50H,6-10,13,16-17,19-20,23-24,27-28,30,32-33,35-44H2,1-5H3/b12-11-,15-14-,21-18-,25-22-,29-26-,34-31-/t45?,46-/m1/s1. The molecule has 0 radical (unpaired) electrons. The molecule has 0 aromatic rings. The molecule has 340 valence electrons. The molecule has 0 spiro atoms. The molecule has 0 saturated carbocycles. The summed E-state index contributed by atoms with van der Waals surface area (Å²) in [6.45, 7) is 3.90. The first kappa shape index (κ1) is 56.4. The van der Waals surface area contributed by atoms with Crippen LogP contribution in [0.3, 0.4) is 0 Å². The van der Waals surface area contributed by atoms with E-state index >= 15 is 0 Å². The number of carbonyl (C=O) groups is 2. The second-order valence-corrected chi connectivity index (χ2v) is 17.6. The van der Waals surface area contributed by atoms with Crippen LogP contribution in [0.5, 0.6) is 0 Å². The molecule has 0 heterocycles. The van der Waals surface area contributed by atoms with Gasteiger partial charge in [0.25, 0.3) is 7.82 Å². The van der Waals surface area contributed by atoms with E-state index in [0.29, 0.717) is 36.7 Å². The minimum atomic E-state index is -4.65. The molecule has 0 aliphatic heterocycles. The molecule has 10 nitrogen and oxygen atoms in total. The van der Waals surface area contributed by atoms with Crippen LogP contribution in [-0.2, 0) is 32.7 Å². The second-order valence-electron chi connectivity index (χ2n) is 16.2. The van der Waals surface area contributed by atoms with Gasteiger partial charge in [0.15, 0.2) is 6.10 Å². The topological polar surface area (TPSA) is 131 Å². The lowest BCUT2D eigenvalue weighted by molar-refractivity contribution is -0.870. The molecular weight excluding hydrogens is 766 g/mol. The summed E-state index contributed by atoms with van der Waals surface area (Å²) in [5.41, 5.74) is 0. The lowest BCUT2D eigenvalue weighted by atomic mass is 10.1. The van der Waals surface area contributed by atoms with Crippen molar-refractivity contribution in [2.45, 2.75) is 174 Å². The van der Waals surface area contributed by atoms with Gasteiger partial charge in [-0.25, -0.2) is 0 Å². The Balaban J connectivity index is 4.48. The van der Waals surface area contributed by atoms with Crippen molar-refractivity contribution in [2.24, 2.45) is 0 Å². The molecule has 59 heavy (non-hydrogen) atoms. The predicted octanol–water partition coefficient (Wildman–Crippen LogP) is 11.4. The first-order valence-electron chi connectivity index (χ1n) is 22.7. The van der Waals surface area contributed by atoms with Crippen molar-refractivity contribution in [3.63, 3.8) is 0 Å². The number of hydrogen-bond donors (Lipinski definition) is 1. The number of phosphoric ester groups is 1. The average Bonchev–Trinajstić information content (AvgIpc) is 3.18. The number of allylic oxidation sites excluding steroid dienone is 11. The fourth-order valence-corrected chi connectivity index (χ4v) is 6.42. The molecule has 0 aliphatic carbocycles. The fourth-order valence-electron chi connectivity index (χ4n) is 5.69. The maximum atomic E-state index is 12.7. The van der Waals surface area contributed by atoms with E-state index in [-0.39, 0.29) is 32.2 Å². The number of aliphatic hydroxyl groups is 1. The van der Waals surface area contributed by atoms with Crippen LogP contribution in [0.4, 0.5) is 0 Å². The number of ether oxygens (including phenoxy) is 2. The van der Waals surface area contributed by atoms with E-state index < -0.39 is 32.5 Å². The van der Waals surface area contributed by atoms with E-state index in [0.717, 1.165) is 64.2 Å². The number of quaternary nitrogens is 1. The van der Waals surface area contributed by atoms with Gasteiger partial charge in [-0.1, -0.05) is 138 Å². The van der Waals surface area contributed by atoms with Gasteiger partial charge in [0.2, 0.25) is 0 Å². The first-order valence-corrected chi connectivity index (χ1v) is 24.2. The Morgan fingerprint density at radius 3 is 1.66 bits per heavy atom. The molecule has 0 fully saturated rings. The molecule has 0 saturated heterocycles. The van der Waals surface area contributed by atoms with Crippen LogP contribution in [-0.4, -0.2) is 81.2 Å². The summed E-state index contributed by atoms with van der Waals surface area (Å²) < 4.78 is 33.8. The lowest BCUT2D eigenvalue weighted by Crippen LogP contribution is -2.37. The predicted molar refractivity (Wildman–Crippen MR) is 242 cm³/mol. The maximum Gasteiger partial charge on any atom is 0.306 e. The number of unbranched alkanes of at least 4 members (excludes halogenated alkanes) is 11. The molecule has 3 atom stereocenters. The number of esters is 2. The van der Waals surface area contributed by atoms with E-state index in [4.69, 9.17) is 18.5 Å². The summed E-state index contributed by atoms with van der Waals surface area (Å²) >= 11 is 0. The molecule has 0 bridgehead atoms. The van der Waals surface area contributed by atoms with Crippen molar-refractivity contribution in [2.75, 3.05) is 47.5 Å². The van der Waals surface area contributed by atoms with Crippen LogP contribution in [0.25, 0.3) is 0 Å². The van der Waals surface area contributed by atoms with Gasteiger partial charge in [-0.3, -0.25) is 14.2 Å². The number of aliphatic hydroxyl groups excluding tert-OH is 1. The summed E-state index contributed by atoms with van der Waals surface area (Å²) in [7, 11) is 1.10. The molecule has 0 rings (SSSR count). The van der Waals surface area contributed by atoms with Gasteiger partial charge in [-0.2, -0.15) is 0 Å². The van der Waals surface area contributed by atoms with Crippen LogP contribution in [0.15, 0.2) is 72.9 Å². The highest BCUT2D eigenvalue weighted by molar-refractivity contribution is 7.45. The Bertz CT molecular complexity index is 1250. The van der Waals surface area contributed by atoms with Gasteiger partial charge in [0, 0.05) is 12.8 Å². The lowest BCUT2D eigenvalue weighted by Gasteiger charge is -2.28. The Kier molecular flexibility index (Phi) is 37.8. The van der Waals surface area contributed by atoms with Crippen LogP contribution >= 0.6 is 7.82 Å². The zero-order valence-corrected chi connectivity index (χ0v) is 38.7. The van der Waals surface area contributed by atoms with E-state index in [2.05, 4.69) is 74.6 Å². The normalized spacial score (nSPS) is 14.8. The minimum absolute atomic E-state index is 0.0507. The highest BCUT2D eigenvalue weighted by Crippen LogP contribution is 2.38. The minimum Gasteiger partial charge on any atom is -0.756 e. The number of nitrogens with zero attached hydrogens (tertiary/aromatic N) is 1. The van der Waals surface area contributed by atoms with Crippen molar-refractivity contribution in [3.05, 3.63) is 72.9 Å². The smallest absolute Gasteiger partial charge is 0.306 e. The van der Waals surface area contributed by atoms with Gasteiger partial charge in [-0.05, 0) is 83.5 Å². The summed E-state index contributed by atoms with van der Waals surface area (Å²) in [6.07, 6.45) is 45.6. The SMILES string of the molecule is CCCCC/C=C\C/C=C\CCCCCCCCCC(=O)O[C@H](COC(=O)CCC/C=C\C/C=C\C/C=C\C/C=C\CC(O)CCC)COP(=O)([O-])OCC[N+](C)(C)C. The molecular formula is C48H84NO9P. The van der Waals surface area contributed by atoms with Crippen LogP contribution < -0.4 is 4.89 Å². The maximum absolute atomic E-state index is 12.7. The molecule has 11 heteroatoms. The van der Waals surface area contributed by atoms with Crippen molar-refractivity contribution in [1.82, 2.24) is 0 Å². The Morgan fingerprint density at radius 2 is 1.10 bits per heavy atom. The Hall–Kier alpha value is -2.59. The van der Waals surface area contributed by atoms with Crippen molar-refractivity contribution < 1.29 is 47.2 Å². The van der Waals surface area contributed by atoms with Gasteiger partial charge in [-0.15, -0.1) is 0 Å². The Labute approximate surface area is 360 Å². The summed E-state index contributed by atoms with van der Waals surface area (Å²) in [6, 6.07) is 0. The zero-order chi connectivity index (χ0) is 43.7. The summed E-state index contributed by atoms with van der Waals surface area (Å²) in [5, 5.41) is 9.74. The quantitative estimate of drug-likeness (QED) is 0.0210.